The van der Waals surface area contributed by atoms with Gasteiger partial charge in [-0.15, -0.1) is 11.3 Å². The molecule has 0 atom stereocenters. The maximum Gasteiger partial charge on any atom is 0.264 e. The fourth-order valence-corrected chi connectivity index (χ4v) is 3.51. The number of aromatic nitrogens is 1. The highest BCUT2D eigenvalue weighted by atomic mass is 32.1. The van der Waals surface area contributed by atoms with Gasteiger partial charge in [-0.2, -0.15) is 0 Å². The van der Waals surface area contributed by atoms with Gasteiger partial charge in [-0.3, -0.25) is 15.0 Å². The SMILES string of the molecule is Cc1cccc(OCC(=O)Nc2nc(CN3CCCCC3)cs2)c1. The first-order valence-electron chi connectivity index (χ1n) is 8.35. The van der Waals surface area contributed by atoms with E-state index in [9.17, 15) is 4.79 Å². The molecular weight excluding hydrogens is 322 g/mol. The quantitative estimate of drug-likeness (QED) is 0.871. The molecule has 6 heteroatoms. The van der Waals surface area contributed by atoms with Crippen LogP contribution < -0.4 is 10.1 Å². The first kappa shape index (κ1) is 16.9. The number of hydrogen-bond acceptors (Lipinski definition) is 5. The van der Waals surface area contributed by atoms with Gasteiger partial charge in [0, 0.05) is 11.9 Å². The molecule has 0 saturated carbocycles. The molecule has 1 aliphatic rings. The van der Waals surface area contributed by atoms with Gasteiger partial charge in [-0.05, 0) is 50.6 Å². The summed E-state index contributed by atoms with van der Waals surface area (Å²) in [4.78, 5) is 18.9. The van der Waals surface area contributed by atoms with Crippen LogP contribution in [0.4, 0.5) is 5.13 Å². The number of likely N-dealkylation sites (tertiary alicyclic amines) is 1. The minimum atomic E-state index is -0.185. The predicted octanol–water partition coefficient (Wildman–Crippen LogP) is 3.45. The number of amides is 1. The lowest BCUT2D eigenvalue weighted by Crippen LogP contribution is -2.29. The highest BCUT2D eigenvalue weighted by Gasteiger charge is 2.13. The van der Waals surface area contributed by atoms with E-state index < -0.39 is 0 Å². The van der Waals surface area contributed by atoms with Gasteiger partial charge in [0.15, 0.2) is 11.7 Å². The monoisotopic (exact) mass is 345 g/mol. The van der Waals surface area contributed by atoms with Gasteiger partial charge in [0.05, 0.1) is 5.69 Å². The van der Waals surface area contributed by atoms with E-state index in [-0.39, 0.29) is 12.5 Å². The molecular formula is C18H23N3O2S. The summed E-state index contributed by atoms with van der Waals surface area (Å²) in [6.07, 6.45) is 3.86. The van der Waals surface area contributed by atoms with Crippen molar-refractivity contribution in [1.29, 1.82) is 0 Å². The molecule has 2 heterocycles. The third kappa shape index (κ3) is 5.04. The van der Waals surface area contributed by atoms with Crippen molar-refractivity contribution in [1.82, 2.24) is 9.88 Å². The number of anilines is 1. The Morgan fingerprint density at radius 3 is 2.96 bits per heavy atom. The lowest BCUT2D eigenvalue weighted by Gasteiger charge is -2.25. The number of rotatable bonds is 6. The molecule has 0 radical (unpaired) electrons. The molecule has 1 aromatic heterocycles. The number of piperidine rings is 1. The smallest absolute Gasteiger partial charge is 0.264 e. The number of carbonyl (C=O) groups is 1. The van der Waals surface area contributed by atoms with Crippen LogP contribution in [0.5, 0.6) is 5.75 Å². The van der Waals surface area contributed by atoms with Gasteiger partial charge in [0.25, 0.3) is 5.91 Å². The van der Waals surface area contributed by atoms with E-state index in [1.54, 1.807) is 0 Å². The molecule has 128 valence electrons. The summed E-state index contributed by atoms with van der Waals surface area (Å²) < 4.78 is 5.51. The average molecular weight is 345 g/mol. The molecule has 1 aliphatic heterocycles. The summed E-state index contributed by atoms with van der Waals surface area (Å²) in [5, 5.41) is 5.47. The van der Waals surface area contributed by atoms with E-state index in [0.29, 0.717) is 10.9 Å². The molecule has 1 N–H and O–H groups in total. The highest BCUT2D eigenvalue weighted by Crippen LogP contribution is 2.19. The van der Waals surface area contributed by atoms with E-state index in [1.807, 2.05) is 36.6 Å². The van der Waals surface area contributed by atoms with E-state index in [4.69, 9.17) is 4.74 Å². The van der Waals surface area contributed by atoms with Gasteiger partial charge < -0.3 is 4.74 Å². The molecule has 3 rings (SSSR count). The fraction of sp³-hybridized carbons (Fsp3) is 0.444. The minimum absolute atomic E-state index is 0.00943. The Morgan fingerprint density at radius 1 is 1.33 bits per heavy atom. The van der Waals surface area contributed by atoms with Crippen LogP contribution in [-0.2, 0) is 11.3 Å². The van der Waals surface area contributed by atoms with Crippen LogP contribution >= 0.6 is 11.3 Å². The summed E-state index contributed by atoms with van der Waals surface area (Å²) in [6, 6.07) is 7.66. The van der Waals surface area contributed by atoms with Crippen molar-refractivity contribution in [3.05, 3.63) is 40.9 Å². The third-order valence-electron chi connectivity index (χ3n) is 3.99. The molecule has 1 aromatic carbocycles. The zero-order valence-corrected chi connectivity index (χ0v) is 14.8. The highest BCUT2D eigenvalue weighted by molar-refractivity contribution is 7.13. The largest absolute Gasteiger partial charge is 0.484 e. The van der Waals surface area contributed by atoms with Gasteiger partial charge >= 0.3 is 0 Å². The molecule has 0 unspecified atom stereocenters. The second kappa shape index (κ2) is 8.26. The minimum Gasteiger partial charge on any atom is -0.484 e. The lowest BCUT2D eigenvalue weighted by atomic mass is 10.1. The number of ether oxygens (including phenoxy) is 1. The maximum atomic E-state index is 12.0. The second-order valence-corrected chi connectivity index (χ2v) is 6.99. The first-order chi connectivity index (χ1) is 11.7. The van der Waals surface area contributed by atoms with E-state index >= 15 is 0 Å². The normalized spacial score (nSPS) is 15.2. The number of hydrogen-bond donors (Lipinski definition) is 1. The number of aryl methyl sites for hydroxylation is 1. The Labute approximate surface area is 146 Å². The standard InChI is InChI=1S/C18H23N3O2S/c1-14-6-5-7-16(10-14)23-12-17(22)20-18-19-15(13-24-18)11-21-8-3-2-4-9-21/h5-7,10,13H,2-4,8-9,11-12H2,1H3,(H,19,20,22). The topological polar surface area (TPSA) is 54.5 Å². The van der Waals surface area contributed by atoms with Crippen LogP contribution in [0.3, 0.4) is 0 Å². The van der Waals surface area contributed by atoms with Gasteiger partial charge in [-0.25, -0.2) is 4.98 Å². The van der Waals surface area contributed by atoms with E-state index in [2.05, 4.69) is 15.2 Å². The summed E-state index contributed by atoms with van der Waals surface area (Å²) >= 11 is 1.47. The van der Waals surface area contributed by atoms with Gasteiger partial charge in [0.2, 0.25) is 0 Å². The number of thiazole rings is 1. The number of nitrogens with one attached hydrogen (secondary N) is 1. The zero-order valence-electron chi connectivity index (χ0n) is 14.0. The van der Waals surface area contributed by atoms with Crippen LogP contribution in [0.15, 0.2) is 29.6 Å². The zero-order chi connectivity index (χ0) is 16.8. The van der Waals surface area contributed by atoms with Crippen LogP contribution in [0.1, 0.15) is 30.5 Å². The average Bonchev–Trinajstić information content (AvgIpc) is 3.01. The third-order valence-corrected chi connectivity index (χ3v) is 4.80. The van der Waals surface area contributed by atoms with Crippen LogP contribution in [-0.4, -0.2) is 35.5 Å². The molecule has 1 amide bonds. The van der Waals surface area contributed by atoms with E-state index in [0.717, 1.165) is 30.9 Å². The fourth-order valence-electron chi connectivity index (χ4n) is 2.79. The Hall–Kier alpha value is -1.92. The predicted molar refractivity (Wildman–Crippen MR) is 96.5 cm³/mol. The Kier molecular flexibility index (Phi) is 5.82. The Morgan fingerprint density at radius 2 is 2.17 bits per heavy atom. The van der Waals surface area contributed by atoms with Crippen molar-refractivity contribution in [2.45, 2.75) is 32.7 Å². The number of carbonyl (C=O) groups excluding carboxylic acids is 1. The summed E-state index contributed by atoms with van der Waals surface area (Å²) in [6.45, 7) is 5.14. The molecule has 1 saturated heterocycles. The molecule has 0 aliphatic carbocycles. The summed E-state index contributed by atoms with van der Waals surface area (Å²) in [5.74, 6) is 0.519. The molecule has 2 aromatic rings. The second-order valence-electron chi connectivity index (χ2n) is 6.13. The summed E-state index contributed by atoms with van der Waals surface area (Å²) in [5.41, 5.74) is 2.13. The summed E-state index contributed by atoms with van der Waals surface area (Å²) in [7, 11) is 0. The van der Waals surface area contributed by atoms with Crippen LogP contribution in [0.2, 0.25) is 0 Å². The van der Waals surface area contributed by atoms with Gasteiger partial charge in [0.1, 0.15) is 5.75 Å². The molecule has 1 fully saturated rings. The van der Waals surface area contributed by atoms with Crippen LogP contribution in [0.25, 0.3) is 0 Å². The van der Waals surface area contributed by atoms with Crippen LogP contribution in [0, 0.1) is 6.92 Å². The van der Waals surface area contributed by atoms with Crippen molar-refractivity contribution in [3.63, 3.8) is 0 Å². The molecule has 5 nitrogen and oxygen atoms in total. The van der Waals surface area contributed by atoms with Crippen molar-refractivity contribution in [3.8, 4) is 5.75 Å². The lowest BCUT2D eigenvalue weighted by molar-refractivity contribution is -0.118. The molecule has 0 spiro atoms. The Balaban J connectivity index is 1.46. The number of nitrogens with zero attached hydrogens (tertiary/aromatic N) is 2. The van der Waals surface area contributed by atoms with Crippen molar-refractivity contribution in [2.24, 2.45) is 0 Å². The van der Waals surface area contributed by atoms with Gasteiger partial charge in [-0.1, -0.05) is 18.6 Å². The molecule has 0 bridgehead atoms. The maximum absolute atomic E-state index is 12.0. The first-order valence-corrected chi connectivity index (χ1v) is 9.23. The Bertz CT molecular complexity index is 680. The number of benzene rings is 1. The van der Waals surface area contributed by atoms with E-state index in [1.165, 1.54) is 30.6 Å². The van der Waals surface area contributed by atoms with Crippen molar-refractivity contribution in [2.75, 3.05) is 25.0 Å². The van der Waals surface area contributed by atoms with Crippen molar-refractivity contribution < 1.29 is 9.53 Å². The molecule has 24 heavy (non-hydrogen) atoms. The van der Waals surface area contributed by atoms with Crippen molar-refractivity contribution >= 4 is 22.4 Å².